The Morgan fingerprint density at radius 3 is 2.62 bits per heavy atom. The van der Waals surface area contributed by atoms with E-state index in [1.54, 1.807) is 4.90 Å². The van der Waals surface area contributed by atoms with E-state index in [1.165, 1.54) is 18.5 Å². The lowest BCUT2D eigenvalue weighted by Gasteiger charge is -2.31. The number of hydrogen-bond acceptors (Lipinski definition) is 8. The fourth-order valence-corrected chi connectivity index (χ4v) is 5.14. The molecule has 0 aliphatic carbocycles. The van der Waals surface area contributed by atoms with Crippen LogP contribution in [0.5, 0.6) is 5.88 Å². The van der Waals surface area contributed by atoms with Gasteiger partial charge in [-0.1, -0.05) is 6.07 Å². The van der Waals surface area contributed by atoms with Crippen molar-refractivity contribution in [3.8, 4) is 5.88 Å². The molecule has 0 unspecified atom stereocenters. The minimum Gasteiger partial charge on any atom is -0.474 e. The fraction of sp³-hybridized carbons (Fsp3) is 0.375. The second-order valence-electron chi connectivity index (χ2n) is 8.68. The monoisotopic (exact) mass is 483 g/mol. The van der Waals surface area contributed by atoms with Crippen molar-refractivity contribution in [3.05, 3.63) is 66.0 Å². The van der Waals surface area contributed by atoms with Gasteiger partial charge in [-0.3, -0.25) is 9.88 Å². The van der Waals surface area contributed by atoms with E-state index in [4.69, 9.17) is 4.74 Å². The predicted octanol–water partition coefficient (Wildman–Crippen LogP) is 3.15. The zero-order chi connectivity index (χ0) is 23.7. The van der Waals surface area contributed by atoms with Crippen molar-refractivity contribution in [1.82, 2.24) is 19.9 Å². The molecule has 5 rings (SSSR count). The zero-order valence-corrected chi connectivity index (χ0v) is 19.7. The first-order valence-electron chi connectivity index (χ1n) is 11.3. The molecule has 0 bridgehead atoms. The Hall–Kier alpha value is -3.11. The summed E-state index contributed by atoms with van der Waals surface area (Å²) in [5.41, 5.74) is 2.20. The Morgan fingerprint density at radius 2 is 1.91 bits per heavy atom. The van der Waals surface area contributed by atoms with Gasteiger partial charge in [0.1, 0.15) is 24.1 Å². The van der Waals surface area contributed by atoms with Gasteiger partial charge in [0.15, 0.2) is 9.84 Å². The van der Waals surface area contributed by atoms with Gasteiger partial charge in [-0.2, -0.15) is 0 Å². The van der Waals surface area contributed by atoms with Gasteiger partial charge < -0.3 is 9.64 Å². The summed E-state index contributed by atoms with van der Waals surface area (Å²) in [6, 6.07) is 9.92. The van der Waals surface area contributed by atoms with Gasteiger partial charge in [0, 0.05) is 38.6 Å². The normalized spacial score (nSPS) is 17.1. The van der Waals surface area contributed by atoms with Crippen LogP contribution < -0.4 is 9.64 Å². The van der Waals surface area contributed by atoms with Crippen LogP contribution in [0.2, 0.25) is 0 Å². The number of benzene rings is 1. The van der Waals surface area contributed by atoms with Crippen molar-refractivity contribution in [1.29, 1.82) is 0 Å². The molecule has 0 atom stereocenters. The molecule has 10 heteroatoms. The maximum atomic E-state index is 14.8. The molecule has 0 saturated carbocycles. The molecular formula is C24H26FN5O3S. The maximum absolute atomic E-state index is 14.8. The van der Waals surface area contributed by atoms with Crippen molar-refractivity contribution in [2.24, 2.45) is 0 Å². The third kappa shape index (κ3) is 4.74. The molecular weight excluding hydrogens is 457 g/mol. The van der Waals surface area contributed by atoms with Crippen LogP contribution in [0.1, 0.15) is 24.1 Å². The molecule has 0 spiro atoms. The molecule has 4 heterocycles. The van der Waals surface area contributed by atoms with Gasteiger partial charge >= 0.3 is 0 Å². The highest BCUT2D eigenvalue weighted by Crippen LogP contribution is 2.38. The highest BCUT2D eigenvalue weighted by atomic mass is 32.2. The minimum atomic E-state index is -3.48. The standard InChI is InChI=1S/C24H26FN5O3S/c1-34(31,32)19-5-6-22(21(25)14-19)30-13-9-20-23(30)27-16-28-24(20)33-18-7-11-29(12-8-18)15-17-4-2-3-10-26-17/h2-6,10,14,16,18H,7-9,11-13,15H2,1H3. The first-order chi connectivity index (χ1) is 16.4. The summed E-state index contributed by atoms with van der Waals surface area (Å²) in [6.45, 7) is 3.17. The number of anilines is 2. The first kappa shape index (κ1) is 22.7. The number of nitrogens with zero attached hydrogens (tertiary/aromatic N) is 5. The van der Waals surface area contributed by atoms with Gasteiger partial charge in [0.25, 0.3) is 0 Å². The number of hydrogen-bond donors (Lipinski definition) is 0. The molecule has 178 valence electrons. The van der Waals surface area contributed by atoms with E-state index in [1.807, 2.05) is 24.4 Å². The van der Waals surface area contributed by atoms with E-state index < -0.39 is 15.7 Å². The van der Waals surface area contributed by atoms with Gasteiger partial charge in [-0.15, -0.1) is 0 Å². The average Bonchev–Trinajstić information content (AvgIpc) is 3.25. The van der Waals surface area contributed by atoms with Crippen LogP contribution in [0.4, 0.5) is 15.9 Å². The number of likely N-dealkylation sites (tertiary alicyclic amines) is 1. The fourth-order valence-electron chi connectivity index (χ4n) is 4.51. The highest BCUT2D eigenvalue weighted by Gasteiger charge is 2.30. The number of rotatable bonds is 6. The number of halogens is 1. The molecule has 34 heavy (non-hydrogen) atoms. The third-order valence-corrected chi connectivity index (χ3v) is 7.40. The Morgan fingerprint density at radius 1 is 1.09 bits per heavy atom. The SMILES string of the molecule is CS(=O)(=O)c1ccc(N2CCc3c(OC4CCN(Cc5ccccn5)CC4)ncnc32)c(F)c1. The number of fused-ring (bicyclic) bond motifs is 1. The summed E-state index contributed by atoms with van der Waals surface area (Å²) in [7, 11) is -3.48. The topological polar surface area (TPSA) is 88.5 Å². The van der Waals surface area contributed by atoms with Crippen molar-refractivity contribution in [2.45, 2.75) is 36.8 Å². The van der Waals surface area contributed by atoms with Crippen LogP contribution in [0, 0.1) is 5.82 Å². The Balaban J connectivity index is 1.27. The molecule has 2 aromatic heterocycles. The maximum Gasteiger partial charge on any atom is 0.222 e. The van der Waals surface area contributed by atoms with Gasteiger partial charge in [0.2, 0.25) is 5.88 Å². The van der Waals surface area contributed by atoms with Gasteiger partial charge in [-0.05, 0) is 49.6 Å². The lowest BCUT2D eigenvalue weighted by Crippen LogP contribution is -2.38. The van der Waals surface area contributed by atoms with Crippen LogP contribution in [0.3, 0.4) is 0 Å². The van der Waals surface area contributed by atoms with E-state index in [-0.39, 0.29) is 11.0 Å². The van der Waals surface area contributed by atoms with Gasteiger partial charge in [0.05, 0.1) is 21.8 Å². The Kier molecular flexibility index (Phi) is 6.18. The number of pyridine rings is 1. The van der Waals surface area contributed by atoms with Crippen molar-refractivity contribution in [2.75, 3.05) is 30.8 Å². The second-order valence-corrected chi connectivity index (χ2v) is 10.7. The van der Waals surface area contributed by atoms with Crippen molar-refractivity contribution >= 4 is 21.3 Å². The number of piperidine rings is 1. The largest absolute Gasteiger partial charge is 0.474 e. The summed E-state index contributed by atoms with van der Waals surface area (Å²) < 4.78 is 44.6. The number of aromatic nitrogens is 3. The Labute approximate surface area is 198 Å². The van der Waals surface area contributed by atoms with Gasteiger partial charge in [-0.25, -0.2) is 22.8 Å². The highest BCUT2D eigenvalue weighted by molar-refractivity contribution is 7.90. The van der Waals surface area contributed by atoms with Crippen LogP contribution in [0.25, 0.3) is 0 Å². The summed E-state index contributed by atoms with van der Waals surface area (Å²) in [4.78, 5) is 17.2. The second kappa shape index (κ2) is 9.27. The summed E-state index contributed by atoms with van der Waals surface area (Å²) in [6.07, 6.45) is 6.76. The molecule has 1 saturated heterocycles. The molecule has 8 nitrogen and oxygen atoms in total. The smallest absolute Gasteiger partial charge is 0.222 e. The van der Waals surface area contributed by atoms with Crippen LogP contribution in [-0.4, -0.2) is 60.3 Å². The lowest BCUT2D eigenvalue weighted by molar-refractivity contribution is 0.0918. The summed E-state index contributed by atoms with van der Waals surface area (Å²) >= 11 is 0. The third-order valence-electron chi connectivity index (χ3n) is 6.29. The minimum absolute atomic E-state index is 0.0470. The van der Waals surface area contributed by atoms with E-state index in [0.29, 0.717) is 30.4 Å². The van der Waals surface area contributed by atoms with Crippen LogP contribution in [-0.2, 0) is 22.8 Å². The molecule has 2 aliphatic heterocycles. The first-order valence-corrected chi connectivity index (χ1v) is 13.2. The molecule has 1 aromatic carbocycles. The molecule has 2 aliphatic rings. The molecule has 3 aromatic rings. The molecule has 0 amide bonds. The van der Waals surface area contributed by atoms with E-state index in [2.05, 4.69) is 19.9 Å². The average molecular weight is 484 g/mol. The number of sulfone groups is 1. The Bertz CT molecular complexity index is 1280. The molecule has 0 radical (unpaired) electrons. The predicted molar refractivity (Wildman–Crippen MR) is 125 cm³/mol. The summed E-state index contributed by atoms with van der Waals surface area (Å²) in [5.74, 6) is 0.546. The number of ether oxygens (including phenoxy) is 1. The van der Waals surface area contributed by atoms with Crippen molar-refractivity contribution < 1.29 is 17.5 Å². The quantitative estimate of drug-likeness (QED) is 0.528. The zero-order valence-electron chi connectivity index (χ0n) is 18.9. The van der Waals surface area contributed by atoms with Crippen molar-refractivity contribution in [3.63, 3.8) is 0 Å². The van der Waals surface area contributed by atoms with Crippen LogP contribution in [0.15, 0.2) is 53.8 Å². The molecule has 0 N–H and O–H groups in total. The van der Waals surface area contributed by atoms with E-state index in [0.717, 1.165) is 56.1 Å². The molecule has 1 fully saturated rings. The summed E-state index contributed by atoms with van der Waals surface area (Å²) in [5, 5.41) is 0. The van der Waals surface area contributed by atoms with E-state index >= 15 is 0 Å². The van der Waals surface area contributed by atoms with Crippen LogP contribution >= 0.6 is 0 Å². The lowest BCUT2D eigenvalue weighted by atomic mass is 10.1. The van der Waals surface area contributed by atoms with E-state index in [9.17, 15) is 12.8 Å².